The quantitative estimate of drug-likeness (QED) is 0.215. The Bertz CT molecular complexity index is 864. The first-order chi connectivity index (χ1) is 16.2. The number of unbranched alkanes of at least 4 members (excludes halogenated alkanes) is 3. The summed E-state index contributed by atoms with van der Waals surface area (Å²) in [5.41, 5.74) is 1.89. The number of carbonyl (C=O) groups excluding carboxylic acids is 4. The fraction of sp³-hybridized carbons (Fsp3) is 0.538. The lowest BCUT2D eigenvalue weighted by Crippen LogP contribution is -2.05. The van der Waals surface area contributed by atoms with E-state index in [1.54, 1.807) is 32.6 Å². The standard InChI is InChI=1S/C19H25NO2.2C3H6OS.CH4S/c1-3-16(21)11-6-4-5-7-13-19(22)18-14-15-10-8-9-12-17(15)20(18)2;2*1-3(4)5-2;1-2/h8-10,12,14H,3-7,11,13H2,1-2H3;2*1-2H3;2H,1H3. The number of ketones is 2. The second kappa shape index (κ2) is 22.0. The van der Waals surface area contributed by atoms with Gasteiger partial charge in [-0.15, -0.1) is 0 Å². The molecule has 192 valence electrons. The Hall–Kier alpha value is -1.51. The van der Waals surface area contributed by atoms with Gasteiger partial charge in [0.2, 0.25) is 0 Å². The van der Waals surface area contributed by atoms with Crippen molar-refractivity contribution in [2.45, 2.75) is 65.7 Å². The number of Topliss-reactive ketones (excluding diaryl/α,β-unsaturated/α-hetero) is 2. The van der Waals surface area contributed by atoms with Crippen LogP contribution in [0.5, 0.6) is 0 Å². The Balaban J connectivity index is 0. The van der Waals surface area contributed by atoms with E-state index >= 15 is 0 Å². The second-order valence-corrected chi connectivity index (χ2v) is 9.23. The van der Waals surface area contributed by atoms with Crippen LogP contribution in [-0.2, 0) is 21.4 Å². The van der Waals surface area contributed by atoms with Crippen molar-refractivity contribution in [1.82, 2.24) is 4.57 Å². The summed E-state index contributed by atoms with van der Waals surface area (Å²) in [6.07, 6.45) is 11.1. The van der Waals surface area contributed by atoms with Crippen LogP contribution in [-0.4, -0.2) is 45.1 Å². The SMILES string of the molecule is CCC(=O)CCCCCCC(=O)c1cc2ccccc2n1C.CS.CSC(C)=O.CSC(C)=O. The van der Waals surface area contributed by atoms with Gasteiger partial charge in [-0.3, -0.25) is 19.2 Å². The van der Waals surface area contributed by atoms with Crippen molar-refractivity contribution >= 4 is 68.9 Å². The van der Waals surface area contributed by atoms with Crippen molar-refractivity contribution in [3.63, 3.8) is 0 Å². The van der Waals surface area contributed by atoms with Crippen LogP contribution >= 0.6 is 36.2 Å². The van der Waals surface area contributed by atoms with Gasteiger partial charge in [0.15, 0.2) is 16.0 Å². The van der Waals surface area contributed by atoms with Gasteiger partial charge in [-0.2, -0.15) is 12.6 Å². The summed E-state index contributed by atoms with van der Waals surface area (Å²) in [5.74, 6) is 0.551. The number of aryl methyl sites for hydroxylation is 1. The molecule has 2 rings (SSSR count). The molecule has 0 spiro atoms. The molecule has 1 heterocycles. The molecule has 0 aliphatic carbocycles. The number of thiol groups is 1. The third kappa shape index (κ3) is 16.2. The van der Waals surface area contributed by atoms with Gasteiger partial charge in [0.25, 0.3) is 0 Å². The Morgan fingerprint density at radius 3 is 1.76 bits per heavy atom. The van der Waals surface area contributed by atoms with Crippen molar-refractivity contribution in [2.75, 3.05) is 18.8 Å². The highest BCUT2D eigenvalue weighted by molar-refractivity contribution is 8.13. The molecule has 2 aromatic rings. The molecule has 1 aromatic carbocycles. The van der Waals surface area contributed by atoms with Crippen LogP contribution in [0.1, 0.15) is 76.2 Å². The highest BCUT2D eigenvalue weighted by Crippen LogP contribution is 2.20. The number of aromatic nitrogens is 1. The predicted octanol–water partition coefficient (Wildman–Crippen LogP) is 7.02. The summed E-state index contributed by atoms with van der Waals surface area (Å²) in [6.45, 7) is 5.00. The van der Waals surface area contributed by atoms with Crippen LogP contribution in [0.2, 0.25) is 0 Å². The minimum Gasteiger partial charge on any atom is -0.341 e. The molecule has 5 nitrogen and oxygen atoms in total. The second-order valence-electron chi connectivity index (χ2n) is 7.27. The lowest BCUT2D eigenvalue weighted by Gasteiger charge is -2.04. The van der Waals surface area contributed by atoms with E-state index < -0.39 is 0 Å². The highest BCUT2D eigenvalue weighted by Gasteiger charge is 2.12. The average Bonchev–Trinajstić information content (AvgIpc) is 3.19. The van der Waals surface area contributed by atoms with Crippen molar-refractivity contribution in [1.29, 1.82) is 0 Å². The van der Waals surface area contributed by atoms with Gasteiger partial charge in [-0.1, -0.05) is 61.5 Å². The third-order valence-corrected chi connectivity index (χ3v) is 5.97. The van der Waals surface area contributed by atoms with Gasteiger partial charge in [-0.25, -0.2) is 0 Å². The molecule has 0 radical (unpaired) electrons. The van der Waals surface area contributed by atoms with Crippen LogP contribution in [0.4, 0.5) is 0 Å². The zero-order valence-corrected chi connectivity index (χ0v) is 24.2. The fourth-order valence-electron chi connectivity index (χ4n) is 2.82. The van der Waals surface area contributed by atoms with Crippen molar-refractivity contribution in [3.8, 4) is 0 Å². The van der Waals surface area contributed by atoms with Gasteiger partial charge in [0.1, 0.15) is 5.78 Å². The molecule has 8 heteroatoms. The van der Waals surface area contributed by atoms with Crippen LogP contribution in [0.25, 0.3) is 10.9 Å². The molecule has 0 atom stereocenters. The van der Waals surface area contributed by atoms with E-state index in [-0.39, 0.29) is 16.0 Å². The number of benzene rings is 1. The van der Waals surface area contributed by atoms with Crippen LogP contribution in [0.3, 0.4) is 0 Å². The first-order valence-corrected chi connectivity index (χ1v) is 14.6. The zero-order valence-electron chi connectivity index (χ0n) is 21.7. The van der Waals surface area contributed by atoms with Crippen LogP contribution in [0, 0.1) is 0 Å². The van der Waals surface area contributed by atoms with E-state index in [4.69, 9.17) is 0 Å². The third-order valence-electron chi connectivity index (χ3n) is 4.82. The van der Waals surface area contributed by atoms with E-state index in [0.29, 0.717) is 25.0 Å². The van der Waals surface area contributed by atoms with E-state index in [1.807, 2.05) is 48.9 Å². The van der Waals surface area contributed by atoms with Crippen LogP contribution in [0.15, 0.2) is 30.3 Å². The predicted molar refractivity (Wildman–Crippen MR) is 154 cm³/mol. The van der Waals surface area contributed by atoms with Crippen molar-refractivity contribution < 1.29 is 19.2 Å². The van der Waals surface area contributed by atoms with Gasteiger partial charge in [-0.05, 0) is 43.7 Å². The summed E-state index contributed by atoms with van der Waals surface area (Å²) >= 11 is 6.01. The lowest BCUT2D eigenvalue weighted by molar-refractivity contribution is -0.119. The summed E-state index contributed by atoms with van der Waals surface area (Å²) in [7, 11) is 1.95. The molecule has 0 unspecified atom stereocenters. The molecule has 0 amide bonds. The molecule has 0 saturated heterocycles. The van der Waals surface area contributed by atoms with Crippen molar-refractivity contribution in [3.05, 3.63) is 36.0 Å². The van der Waals surface area contributed by atoms with Gasteiger partial charge >= 0.3 is 0 Å². The maximum absolute atomic E-state index is 12.3. The number of thioether (sulfide) groups is 2. The Kier molecular flexibility index (Phi) is 22.4. The Morgan fingerprint density at radius 1 is 0.853 bits per heavy atom. The van der Waals surface area contributed by atoms with Crippen molar-refractivity contribution in [2.24, 2.45) is 7.05 Å². The molecule has 0 N–H and O–H groups in total. The largest absolute Gasteiger partial charge is 0.341 e. The first-order valence-electron chi connectivity index (χ1n) is 11.3. The van der Waals surface area contributed by atoms with E-state index in [0.717, 1.165) is 42.3 Å². The molecule has 0 fully saturated rings. The van der Waals surface area contributed by atoms with Gasteiger partial charge in [0, 0.05) is 51.1 Å². The number of rotatable bonds is 9. The molecule has 0 saturated carbocycles. The molecule has 34 heavy (non-hydrogen) atoms. The van der Waals surface area contributed by atoms with Gasteiger partial charge < -0.3 is 4.57 Å². The van der Waals surface area contributed by atoms with Crippen LogP contribution < -0.4 is 0 Å². The smallest absolute Gasteiger partial charge is 0.185 e. The minimum atomic E-state index is 0.171. The monoisotopic (exact) mass is 527 g/mol. The zero-order chi connectivity index (χ0) is 26.5. The maximum atomic E-state index is 12.3. The maximum Gasteiger partial charge on any atom is 0.185 e. The summed E-state index contributed by atoms with van der Waals surface area (Å²) in [6, 6.07) is 10.0. The Labute approximate surface area is 219 Å². The number of carbonyl (C=O) groups is 4. The normalized spacial score (nSPS) is 9.53. The molecular weight excluding hydrogens is 486 g/mol. The molecule has 1 aromatic heterocycles. The highest BCUT2D eigenvalue weighted by atomic mass is 32.2. The summed E-state index contributed by atoms with van der Waals surface area (Å²) in [5, 5.41) is 1.46. The fourth-order valence-corrected chi connectivity index (χ4v) is 2.82. The van der Waals surface area contributed by atoms with E-state index in [1.165, 1.54) is 23.5 Å². The first kappa shape index (κ1) is 34.7. The number of para-hydroxylation sites is 1. The summed E-state index contributed by atoms with van der Waals surface area (Å²) in [4.78, 5) is 43.1. The minimum absolute atomic E-state index is 0.171. The lowest BCUT2D eigenvalue weighted by atomic mass is 10.1. The van der Waals surface area contributed by atoms with E-state index in [2.05, 4.69) is 12.6 Å². The molecule has 0 aliphatic heterocycles. The number of nitrogens with zero attached hydrogens (tertiary/aromatic N) is 1. The average molecular weight is 528 g/mol. The Morgan fingerprint density at radius 2 is 1.32 bits per heavy atom. The number of hydrogen-bond donors (Lipinski definition) is 1. The summed E-state index contributed by atoms with van der Waals surface area (Å²) < 4.78 is 1.98. The number of hydrogen-bond acceptors (Lipinski definition) is 7. The topological polar surface area (TPSA) is 73.2 Å². The van der Waals surface area contributed by atoms with Gasteiger partial charge in [0.05, 0.1) is 5.69 Å². The van der Waals surface area contributed by atoms with E-state index in [9.17, 15) is 19.2 Å². The number of fused-ring (bicyclic) bond motifs is 1. The molecule has 0 aliphatic rings. The molecular formula is C26H41NO4S3. The molecule has 0 bridgehead atoms.